The highest BCUT2D eigenvalue weighted by atomic mass is 127. The van der Waals surface area contributed by atoms with Gasteiger partial charge in [-0.15, -0.1) is 34.2 Å². The van der Waals surface area contributed by atoms with Gasteiger partial charge in [0.15, 0.2) is 5.96 Å². The van der Waals surface area contributed by atoms with E-state index in [0.29, 0.717) is 6.04 Å². The number of aryl methyl sites for hydroxylation is 1. The summed E-state index contributed by atoms with van der Waals surface area (Å²) in [6.45, 7) is 3.78. The number of anilines is 1. The van der Waals surface area contributed by atoms with Gasteiger partial charge < -0.3 is 29.6 Å². The second-order valence-electron chi connectivity index (χ2n) is 7.38. The lowest BCUT2D eigenvalue weighted by Gasteiger charge is -2.34. The van der Waals surface area contributed by atoms with Gasteiger partial charge in [-0.1, -0.05) is 0 Å². The number of hydrogen-bond donors (Lipinski definition) is 2. The average Bonchev–Trinajstić information content (AvgIpc) is 3.31. The molecule has 1 aromatic carbocycles. The molecule has 2 aromatic rings. The van der Waals surface area contributed by atoms with Gasteiger partial charge in [-0.05, 0) is 25.7 Å². The Labute approximate surface area is 201 Å². The summed E-state index contributed by atoms with van der Waals surface area (Å²) in [5.74, 6) is 2.51. The lowest BCUT2D eigenvalue weighted by molar-refractivity contribution is 0.393. The van der Waals surface area contributed by atoms with E-state index in [4.69, 9.17) is 9.47 Å². The molecule has 0 spiro atoms. The Bertz CT molecular complexity index is 771. The zero-order valence-corrected chi connectivity index (χ0v) is 20.9. The molecule has 3 rings (SSSR count). The van der Waals surface area contributed by atoms with Crippen molar-refractivity contribution in [3.8, 4) is 11.5 Å². The number of halogens is 1. The van der Waals surface area contributed by atoms with E-state index in [1.807, 2.05) is 17.7 Å². The second-order valence-corrected chi connectivity index (χ2v) is 7.38. The maximum atomic E-state index is 5.40. The molecule has 1 fully saturated rings. The van der Waals surface area contributed by atoms with Crippen molar-refractivity contribution >= 4 is 35.6 Å². The molecule has 0 unspecified atom stereocenters. The standard InChI is InChI=1S/C21H33N7O2.HI/c1-22-21(23-8-4-5-9-27-15-24-25-16-27)26-17-6-10-28(11-7-17)18-12-19(29-2)14-20(13-18)30-3;/h12-17H,4-11H2,1-3H3,(H2,22,23,26);1H. The smallest absolute Gasteiger partial charge is 0.191 e. The number of hydrogen-bond acceptors (Lipinski definition) is 6. The van der Waals surface area contributed by atoms with Crippen LogP contribution in [0.15, 0.2) is 35.8 Å². The molecule has 2 N–H and O–H groups in total. The van der Waals surface area contributed by atoms with Crippen molar-refractivity contribution in [2.24, 2.45) is 4.99 Å². The number of unbranched alkanes of at least 4 members (excludes halogenated alkanes) is 1. The van der Waals surface area contributed by atoms with Crippen LogP contribution in [0.4, 0.5) is 5.69 Å². The molecule has 9 nitrogen and oxygen atoms in total. The number of benzene rings is 1. The highest BCUT2D eigenvalue weighted by Gasteiger charge is 2.21. The Morgan fingerprint density at radius 2 is 1.71 bits per heavy atom. The van der Waals surface area contributed by atoms with E-state index in [-0.39, 0.29) is 24.0 Å². The van der Waals surface area contributed by atoms with Crippen LogP contribution in [0.25, 0.3) is 0 Å². The van der Waals surface area contributed by atoms with Crippen LogP contribution < -0.4 is 25.0 Å². The summed E-state index contributed by atoms with van der Waals surface area (Å²) in [5.41, 5.74) is 1.14. The van der Waals surface area contributed by atoms with Gasteiger partial charge in [0.2, 0.25) is 0 Å². The minimum absolute atomic E-state index is 0. The summed E-state index contributed by atoms with van der Waals surface area (Å²) in [6, 6.07) is 6.45. The predicted molar refractivity (Wildman–Crippen MR) is 134 cm³/mol. The number of rotatable bonds is 9. The Hall–Kier alpha value is -2.24. The predicted octanol–water partition coefficient (Wildman–Crippen LogP) is 2.53. The van der Waals surface area contributed by atoms with Gasteiger partial charge in [0.1, 0.15) is 24.2 Å². The molecule has 0 bridgehead atoms. The first-order valence-electron chi connectivity index (χ1n) is 10.5. The van der Waals surface area contributed by atoms with E-state index in [0.717, 1.165) is 75.0 Å². The number of methoxy groups -OCH3 is 2. The summed E-state index contributed by atoms with van der Waals surface area (Å²) in [7, 11) is 5.19. The van der Waals surface area contributed by atoms with Crippen LogP contribution in [0.3, 0.4) is 0 Å². The molecule has 0 aliphatic carbocycles. The molecule has 0 atom stereocenters. The van der Waals surface area contributed by atoms with E-state index in [1.165, 1.54) is 0 Å². The fraction of sp³-hybridized carbons (Fsp3) is 0.571. The molecule has 1 aromatic heterocycles. The van der Waals surface area contributed by atoms with E-state index in [2.05, 4.69) is 42.9 Å². The molecule has 0 saturated carbocycles. The first-order valence-corrected chi connectivity index (χ1v) is 10.5. The lowest BCUT2D eigenvalue weighted by atomic mass is 10.0. The van der Waals surface area contributed by atoms with Crippen molar-refractivity contribution in [3.05, 3.63) is 30.9 Å². The molecule has 1 aliphatic rings. The van der Waals surface area contributed by atoms with Crippen LogP contribution in [0.2, 0.25) is 0 Å². The number of nitrogens with one attached hydrogen (secondary N) is 2. The van der Waals surface area contributed by atoms with Crippen molar-refractivity contribution < 1.29 is 9.47 Å². The maximum absolute atomic E-state index is 5.40. The zero-order chi connectivity index (χ0) is 21.2. The number of aliphatic imine (C=N–C) groups is 1. The lowest BCUT2D eigenvalue weighted by Crippen LogP contribution is -2.48. The van der Waals surface area contributed by atoms with Gasteiger partial charge >= 0.3 is 0 Å². The molecule has 1 saturated heterocycles. The Kier molecular flexibility index (Phi) is 10.7. The van der Waals surface area contributed by atoms with E-state index in [9.17, 15) is 0 Å². The number of ether oxygens (including phenoxy) is 2. The maximum Gasteiger partial charge on any atom is 0.191 e. The first kappa shape index (κ1) is 25.0. The Morgan fingerprint density at radius 3 is 2.29 bits per heavy atom. The fourth-order valence-electron chi connectivity index (χ4n) is 3.61. The van der Waals surface area contributed by atoms with Crippen LogP contribution in [0.1, 0.15) is 25.7 Å². The summed E-state index contributed by atoms with van der Waals surface area (Å²) in [6.07, 6.45) is 7.74. The third-order valence-electron chi connectivity index (χ3n) is 5.36. The number of piperidine rings is 1. The number of guanidine groups is 1. The van der Waals surface area contributed by atoms with Crippen LogP contribution in [-0.2, 0) is 6.54 Å². The third-order valence-corrected chi connectivity index (χ3v) is 5.36. The second kappa shape index (κ2) is 13.2. The Morgan fingerprint density at radius 1 is 1.06 bits per heavy atom. The van der Waals surface area contributed by atoms with Gasteiger partial charge in [0, 0.05) is 63.2 Å². The molecule has 31 heavy (non-hydrogen) atoms. The Balaban J connectivity index is 0.00000341. The van der Waals surface area contributed by atoms with Crippen LogP contribution in [-0.4, -0.2) is 67.7 Å². The first-order chi connectivity index (χ1) is 14.7. The molecular formula is C21H34IN7O2. The van der Waals surface area contributed by atoms with E-state index in [1.54, 1.807) is 26.9 Å². The monoisotopic (exact) mass is 543 g/mol. The quantitative estimate of drug-likeness (QED) is 0.218. The van der Waals surface area contributed by atoms with Gasteiger partial charge in [0.25, 0.3) is 0 Å². The van der Waals surface area contributed by atoms with Gasteiger partial charge in [-0.3, -0.25) is 4.99 Å². The van der Waals surface area contributed by atoms with Crippen molar-refractivity contribution in [1.82, 2.24) is 25.4 Å². The minimum Gasteiger partial charge on any atom is -0.497 e. The number of aromatic nitrogens is 3. The average molecular weight is 543 g/mol. The summed E-state index contributed by atoms with van der Waals surface area (Å²) < 4.78 is 12.8. The summed E-state index contributed by atoms with van der Waals surface area (Å²) in [4.78, 5) is 6.75. The largest absolute Gasteiger partial charge is 0.497 e. The molecule has 1 aliphatic heterocycles. The van der Waals surface area contributed by atoms with E-state index >= 15 is 0 Å². The summed E-state index contributed by atoms with van der Waals surface area (Å²) >= 11 is 0. The molecule has 0 radical (unpaired) electrons. The molecule has 2 heterocycles. The van der Waals surface area contributed by atoms with Crippen molar-refractivity contribution in [2.75, 3.05) is 45.8 Å². The van der Waals surface area contributed by atoms with Crippen molar-refractivity contribution in [3.63, 3.8) is 0 Å². The van der Waals surface area contributed by atoms with Crippen molar-refractivity contribution in [2.45, 2.75) is 38.3 Å². The van der Waals surface area contributed by atoms with Crippen LogP contribution in [0, 0.1) is 0 Å². The molecule has 0 amide bonds. The molecular weight excluding hydrogens is 509 g/mol. The summed E-state index contributed by atoms with van der Waals surface area (Å²) in [5, 5.41) is 14.6. The minimum atomic E-state index is 0. The topological polar surface area (TPSA) is 88.8 Å². The fourth-order valence-corrected chi connectivity index (χ4v) is 3.61. The highest BCUT2D eigenvalue weighted by molar-refractivity contribution is 14.0. The van der Waals surface area contributed by atoms with Crippen LogP contribution in [0.5, 0.6) is 11.5 Å². The number of nitrogens with zero attached hydrogens (tertiary/aromatic N) is 5. The zero-order valence-electron chi connectivity index (χ0n) is 18.6. The molecule has 10 heteroatoms. The SMILES string of the molecule is CN=C(NCCCCn1cnnc1)NC1CCN(c2cc(OC)cc(OC)c2)CC1.I. The van der Waals surface area contributed by atoms with Gasteiger partial charge in [-0.2, -0.15) is 0 Å². The third kappa shape index (κ3) is 7.75. The van der Waals surface area contributed by atoms with Gasteiger partial charge in [0.05, 0.1) is 14.2 Å². The van der Waals surface area contributed by atoms with E-state index < -0.39 is 0 Å². The molecule has 172 valence electrons. The normalized spacial score (nSPS) is 14.7. The highest BCUT2D eigenvalue weighted by Crippen LogP contribution is 2.30. The van der Waals surface area contributed by atoms with Crippen molar-refractivity contribution in [1.29, 1.82) is 0 Å². The van der Waals surface area contributed by atoms with Gasteiger partial charge in [-0.25, -0.2) is 0 Å². The van der Waals surface area contributed by atoms with Crippen LogP contribution >= 0.6 is 24.0 Å².